The van der Waals surface area contributed by atoms with Gasteiger partial charge >= 0.3 is 0 Å². The van der Waals surface area contributed by atoms with E-state index in [-0.39, 0.29) is 0 Å². The summed E-state index contributed by atoms with van der Waals surface area (Å²) in [5.41, 5.74) is 4.44. The molecule has 2 aromatic rings. The molecule has 3 nitrogen and oxygen atoms in total. The summed E-state index contributed by atoms with van der Waals surface area (Å²) in [5.74, 6) is 0.774. The topological polar surface area (TPSA) is 37.8 Å². The summed E-state index contributed by atoms with van der Waals surface area (Å²) < 4.78 is 0.868. The first-order valence-corrected chi connectivity index (χ1v) is 7.35. The Hall–Kier alpha value is -0.970. The normalized spacial score (nSPS) is 14.3. The second-order valence-electron chi connectivity index (χ2n) is 4.61. The summed E-state index contributed by atoms with van der Waals surface area (Å²) in [5, 5.41) is 4.05. The highest BCUT2D eigenvalue weighted by Crippen LogP contribution is 2.28. The van der Waals surface area contributed by atoms with Crippen LogP contribution in [0.1, 0.15) is 17.0 Å². The Kier molecular flexibility index (Phi) is 3.56. The predicted octanol–water partition coefficient (Wildman–Crippen LogP) is 3.51. The van der Waals surface area contributed by atoms with E-state index in [0.29, 0.717) is 5.02 Å². The van der Waals surface area contributed by atoms with Gasteiger partial charge in [-0.05, 0) is 41.1 Å². The number of benzene rings is 1. The van der Waals surface area contributed by atoms with Gasteiger partial charge in [0.15, 0.2) is 5.82 Å². The molecule has 0 aliphatic carbocycles. The van der Waals surface area contributed by atoms with Crippen LogP contribution >= 0.6 is 27.5 Å². The third-order valence-corrected chi connectivity index (χ3v) is 4.53. The van der Waals surface area contributed by atoms with Crippen LogP contribution in [0, 0.1) is 6.92 Å². The molecule has 1 aromatic heterocycles. The van der Waals surface area contributed by atoms with Gasteiger partial charge < -0.3 is 5.32 Å². The molecule has 0 amide bonds. The van der Waals surface area contributed by atoms with E-state index in [4.69, 9.17) is 16.6 Å². The average Bonchev–Trinajstić information content (AvgIpc) is 2.42. The van der Waals surface area contributed by atoms with Crippen LogP contribution in [-0.4, -0.2) is 16.5 Å². The molecule has 0 radical (unpaired) electrons. The van der Waals surface area contributed by atoms with Crippen LogP contribution in [0.2, 0.25) is 5.02 Å². The molecule has 2 heterocycles. The number of aromatic nitrogens is 2. The summed E-state index contributed by atoms with van der Waals surface area (Å²) in [6.45, 7) is 3.89. The lowest BCUT2D eigenvalue weighted by atomic mass is 10.1. The SMILES string of the molecule is Cc1nc(-c2ccc(Cl)c(Br)c2)nc2c1CNCC2. The number of nitrogens with zero attached hydrogens (tertiary/aromatic N) is 2. The average molecular weight is 339 g/mol. The van der Waals surface area contributed by atoms with Crippen molar-refractivity contribution in [2.24, 2.45) is 0 Å². The highest BCUT2D eigenvalue weighted by Gasteiger charge is 2.16. The molecular formula is C14H13BrClN3. The van der Waals surface area contributed by atoms with Gasteiger partial charge in [-0.15, -0.1) is 0 Å². The van der Waals surface area contributed by atoms with Crippen LogP contribution < -0.4 is 5.32 Å². The molecule has 0 bridgehead atoms. The molecule has 19 heavy (non-hydrogen) atoms. The first kappa shape index (κ1) is 13.0. The third kappa shape index (κ3) is 2.53. The monoisotopic (exact) mass is 337 g/mol. The Morgan fingerprint density at radius 2 is 2.16 bits per heavy atom. The van der Waals surface area contributed by atoms with Crippen LogP contribution in [0.5, 0.6) is 0 Å². The van der Waals surface area contributed by atoms with E-state index in [2.05, 4.69) is 26.2 Å². The van der Waals surface area contributed by atoms with Gasteiger partial charge in [0, 0.05) is 40.8 Å². The van der Waals surface area contributed by atoms with E-state index >= 15 is 0 Å². The molecule has 1 N–H and O–H groups in total. The van der Waals surface area contributed by atoms with Gasteiger partial charge in [0.25, 0.3) is 0 Å². The second-order valence-corrected chi connectivity index (χ2v) is 5.88. The lowest BCUT2D eigenvalue weighted by Crippen LogP contribution is -2.26. The third-order valence-electron chi connectivity index (χ3n) is 3.32. The van der Waals surface area contributed by atoms with Crippen LogP contribution in [-0.2, 0) is 13.0 Å². The van der Waals surface area contributed by atoms with Gasteiger partial charge in [-0.25, -0.2) is 9.97 Å². The van der Waals surface area contributed by atoms with Crippen molar-refractivity contribution in [3.8, 4) is 11.4 Å². The minimum Gasteiger partial charge on any atom is -0.312 e. The molecule has 3 rings (SSSR count). The van der Waals surface area contributed by atoms with E-state index in [1.165, 1.54) is 5.56 Å². The highest BCUT2D eigenvalue weighted by atomic mass is 79.9. The first-order chi connectivity index (χ1) is 9.15. The zero-order valence-electron chi connectivity index (χ0n) is 10.5. The molecular weight excluding hydrogens is 326 g/mol. The number of halogens is 2. The van der Waals surface area contributed by atoms with Gasteiger partial charge in [-0.3, -0.25) is 0 Å². The number of rotatable bonds is 1. The molecule has 0 spiro atoms. The highest BCUT2D eigenvalue weighted by molar-refractivity contribution is 9.10. The van der Waals surface area contributed by atoms with Crippen molar-refractivity contribution in [2.75, 3.05) is 6.54 Å². The number of aryl methyl sites for hydroxylation is 1. The largest absolute Gasteiger partial charge is 0.312 e. The van der Waals surface area contributed by atoms with E-state index in [1.54, 1.807) is 0 Å². The Bertz CT molecular complexity index is 643. The van der Waals surface area contributed by atoms with Gasteiger partial charge in [0.05, 0.1) is 10.7 Å². The lowest BCUT2D eigenvalue weighted by molar-refractivity contribution is 0.622. The quantitative estimate of drug-likeness (QED) is 0.864. The number of fused-ring (bicyclic) bond motifs is 1. The molecule has 5 heteroatoms. The molecule has 0 unspecified atom stereocenters. The van der Waals surface area contributed by atoms with E-state index < -0.39 is 0 Å². The van der Waals surface area contributed by atoms with E-state index in [0.717, 1.165) is 46.8 Å². The maximum absolute atomic E-state index is 6.02. The van der Waals surface area contributed by atoms with Crippen molar-refractivity contribution in [3.05, 3.63) is 44.6 Å². The molecule has 98 valence electrons. The van der Waals surface area contributed by atoms with Crippen molar-refractivity contribution in [1.29, 1.82) is 0 Å². The Labute approximate surface area is 125 Å². The molecule has 0 atom stereocenters. The summed E-state index contributed by atoms with van der Waals surface area (Å²) in [4.78, 5) is 9.31. The summed E-state index contributed by atoms with van der Waals surface area (Å²) in [6, 6.07) is 5.78. The molecule has 1 aliphatic heterocycles. The van der Waals surface area contributed by atoms with Crippen LogP contribution in [0.15, 0.2) is 22.7 Å². The van der Waals surface area contributed by atoms with Gasteiger partial charge in [0.1, 0.15) is 0 Å². The minimum absolute atomic E-state index is 0.697. The van der Waals surface area contributed by atoms with Crippen molar-refractivity contribution in [1.82, 2.24) is 15.3 Å². The molecule has 0 fully saturated rings. The van der Waals surface area contributed by atoms with Crippen molar-refractivity contribution in [3.63, 3.8) is 0 Å². The number of hydrogen-bond acceptors (Lipinski definition) is 3. The molecule has 0 saturated heterocycles. The fourth-order valence-corrected chi connectivity index (χ4v) is 2.77. The van der Waals surface area contributed by atoms with Crippen molar-refractivity contribution >= 4 is 27.5 Å². The van der Waals surface area contributed by atoms with Gasteiger partial charge in [0.2, 0.25) is 0 Å². The van der Waals surface area contributed by atoms with Gasteiger partial charge in [-0.1, -0.05) is 11.6 Å². The number of hydrogen-bond donors (Lipinski definition) is 1. The second kappa shape index (κ2) is 5.19. The lowest BCUT2D eigenvalue weighted by Gasteiger charge is -2.18. The van der Waals surface area contributed by atoms with Gasteiger partial charge in [-0.2, -0.15) is 0 Å². The Balaban J connectivity index is 2.10. The first-order valence-electron chi connectivity index (χ1n) is 6.17. The summed E-state index contributed by atoms with van der Waals surface area (Å²) >= 11 is 9.46. The van der Waals surface area contributed by atoms with Crippen molar-refractivity contribution < 1.29 is 0 Å². The maximum Gasteiger partial charge on any atom is 0.159 e. The standard InChI is InChI=1S/C14H13BrClN3/c1-8-10-7-17-5-4-13(10)19-14(18-8)9-2-3-12(16)11(15)6-9/h2-3,6,17H,4-5,7H2,1H3. The zero-order chi connectivity index (χ0) is 13.4. The predicted molar refractivity (Wildman–Crippen MR) is 80.3 cm³/mol. The Morgan fingerprint density at radius 1 is 1.32 bits per heavy atom. The van der Waals surface area contributed by atoms with E-state index in [9.17, 15) is 0 Å². The fourth-order valence-electron chi connectivity index (χ4n) is 2.28. The molecule has 0 saturated carbocycles. The minimum atomic E-state index is 0.697. The van der Waals surface area contributed by atoms with Crippen molar-refractivity contribution in [2.45, 2.75) is 19.9 Å². The number of nitrogens with one attached hydrogen (secondary N) is 1. The van der Waals surface area contributed by atoms with Crippen LogP contribution in [0.25, 0.3) is 11.4 Å². The molecule has 1 aromatic carbocycles. The van der Waals surface area contributed by atoms with E-state index in [1.807, 2.05) is 25.1 Å². The molecule has 1 aliphatic rings. The fraction of sp³-hybridized carbons (Fsp3) is 0.286. The Morgan fingerprint density at radius 3 is 2.95 bits per heavy atom. The van der Waals surface area contributed by atoms with Crippen LogP contribution in [0.3, 0.4) is 0 Å². The smallest absolute Gasteiger partial charge is 0.159 e. The maximum atomic E-state index is 6.02. The summed E-state index contributed by atoms with van der Waals surface area (Å²) in [6.07, 6.45) is 0.959. The zero-order valence-corrected chi connectivity index (χ0v) is 12.8. The van der Waals surface area contributed by atoms with Crippen LogP contribution in [0.4, 0.5) is 0 Å². The summed E-state index contributed by atoms with van der Waals surface area (Å²) in [7, 11) is 0.